The van der Waals surface area contributed by atoms with Crippen LogP contribution in [0.15, 0.2) is 24.5 Å². The van der Waals surface area contributed by atoms with Crippen molar-refractivity contribution in [2.75, 3.05) is 6.61 Å². The van der Waals surface area contributed by atoms with Crippen LogP contribution in [-0.2, 0) is 11.3 Å². The summed E-state index contributed by atoms with van der Waals surface area (Å²) in [7, 11) is 0. The van der Waals surface area contributed by atoms with E-state index in [-0.39, 0.29) is 5.97 Å². The third-order valence-corrected chi connectivity index (χ3v) is 6.59. The molecule has 0 saturated carbocycles. The summed E-state index contributed by atoms with van der Waals surface area (Å²) in [5.41, 5.74) is 0.677. The van der Waals surface area contributed by atoms with Crippen molar-refractivity contribution in [2.45, 2.75) is 149 Å². The highest BCUT2D eigenvalue weighted by atomic mass is 16.5. The first-order valence-corrected chi connectivity index (χ1v) is 14.4. The van der Waals surface area contributed by atoms with Crippen LogP contribution in [0, 0.1) is 0 Å². The van der Waals surface area contributed by atoms with E-state index in [0.29, 0.717) is 12.2 Å². The smallest absolute Gasteiger partial charge is 0.344 e. The lowest BCUT2D eigenvalue weighted by Gasteiger charge is -2.05. The molecule has 0 amide bonds. The standard InChI is InChI=1S/C30H54NO2/c1-3-5-7-9-11-13-15-17-19-21-25-31-26-23-24-29(28-31)30(32)33-27-22-20-18-16-14-12-10-8-6-4-2/h23-24,26,28H,3-22,25,27H2,1-2H3/q+1. The molecule has 0 saturated heterocycles. The van der Waals surface area contributed by atoms with E-state index in [2.05, 4.69) is 24.6 Å². The number of hydrogen-bond acceptors (Lipinski definition) is 2. The molecule has 3 nitrogen and oxygen atoms in total. The van der Waals surface area contributed by atoms with Crippen LogP contribution in [0.4, 0.5) is 0 Å². The number of aromatic nitrogens is 1. The highest BCUT2D eigenvalue weighted by Gasteiger charge is 2.11. The average Bonchev–Trinajstić information content (AvgIpc) is 2.83. The molecule has 1 rings (SSSR count). The number of pyridine rings is 1. The predicted molar refractivity (Wildman–Crippen MR) is 141 cm³/mol. The molecular weight excluding hydrogens is 406 g/mol. The molecule has 0 spiro atoms. The maximum Gasteiger partial charge on any atom is 0.344 e. The van der Waals surface area contributed by atoms with Crippen LogP contribution >= 0.6 is 0 Å². The van der Waals surface area contributed by atoms with Crippen molar-refractivity contribution in [3.8, 4) is 0 Å². The fourth-order valence-electron chi connectivity index (χ4n) is 4.40. The summed E-state index contributed by atoms with van der Waals surface area (Å²) in [5, 5.41) is 0. The zero-order chi connectivity index (χ0) is 23.8. The first-order chi connectivity index (χ1) is 16.3. The van der Waals surface area contributed by atoms with Crippen LogP contribution in [0.2, 0.25) is 0 Å². The fourth-order valence-corrected chi connectivity index (χ4v) is 4.40. The molecule has 0 atom stereocenters. The SMILES string of the molecule is CCCCCCCCCCCCOC(=O)c1ccc[n+](CCCCCCCCCCCC)c1. The Labute approximate surface area is 205 Å². The Morgan fingerprint density at radius 2 is 1.12 bits per heavy atom. The number of ether oxygens (including phenoxy) is 1. The molecule has 0 aliphatic carbocycles. The Morgan fingerprint density at radius 3 is 1.64 bits per heavy atom. The van der Waals surface area contributed by atoms with Gasteiger partial charge in [0.05, 0.1) is 6.61 Å². The van der Waals surface area contributed by atoms with Gasteiger partial charge in [-0.05, 0) is 18.9 Å². The van der Waals surface area contributed by atoms with Crippen LogP contribution in [0.1, 0.15) is 153 Å². The van der Waals surface area contributed by atoms with E-state index in [0.717, 1.165) is 19.4 Å². The molecule has 0 aliphatic rings. The minimum atomic E-state index is -0.177. The number of aryl methyl sites for hydroxylation is 1. The molecule has 1 aromatic rings. The number of hydrogen-bond donors (Lipinski definition) is 0. The van der Waals surface area contributed by atoms with E-state index in [1.165, 1.54) is 116 Å². The summed E-state index contributed by atoms with van der Waals surface area (Å²) >= 11 is 0. The summed E-state index contributed by atoms with van der Waals surface area (Å²) in [6.07, 6.45) is 30.4. The molecule has 0 N–H and O–H groups in total. The van der Waals surface area contributed by atoms with E-state index in [1.54, 1.807) is 0 Å². The molecular formula is C30H54NO2+. The van der Waals surface area contributed by atoms with Gasteiger partial charge in [0.1, 0.15) is 12.1 Å². The third kappa shape index (κ3) is 17.7. The molecule has 33 heavy (non-hydrogen) atoms. The number of carbonyl (C=O) groups is 1. The summed E-state index contributed by atoms with van der Waals surface area (Å²) in [6, 6.07) is 3.84. The van der Waals surface area contributed by atoms with Gasteiger partial charge in [0.15, 0.2) is 12.4 Å². The van der Waals surface area contributed by atoms with Gasteiger partial charge in [-0.2, -0.15) is 0 Å². The molecule has 0 aromatic carbocycles. The van der Waals surface area contributed by atoms with Gasteiger partial charge in [-0.15, -0.1) is 0 Å². The lowest BCUT2D eigenvalue weighted by atomic mass is 10.1. The van der Waals surface area contributed by atoms with Gasteiger partial charge in [0.2, 0.25) is 0 Å². The summed E-state index contributed by atoms with van der Waals surface area (Å²) in [4.78, 5) is 12.4. The predicted octanol–water partition coefficient (Wildman–Crippen LogP) is 8.97. The maximum atomic E-state index is 12.4. The Kier molecular flexibility index (Phi) is 20.1. The topological polar surface area (TPSA) is 30.2 Å². The summed E-state index contributed by atoms with van der Waals surface area (Å²) in [6.45, 7) is 6.07. The highest BCUT2D eigenvalue weighted by molar-refractivity contribution is 5.88. The maximum absolute atomic E-state index is 12.4. The molecule has 0 aliphatic heterocycles. The first-order valence-electron chi connectivity index (χ1n) is 14.4. The normalized spacial score (nSPS) is 11.1. The lowest BCUT2D eigenvalue weighted by molar-refractivity contribution is -0.697. The van der Waals surface area contributed by atoms with E-state index in [9.17, 15) is 4.79 Å². The van der Waals surface area contributed by atoms with Gasteiger partial charge < -0.3 is 4.74 Å². The van der Waals surface area contributed by atoms with Gasteiger partial charge in [-0.25, -0.2) is 9.36 Å². The number of esters is 1. The number of rotatable bonds is 23. The second-order valence-electron chi connectivity index (χ2n) is 9.83. The van der Waals surface area contributed by atoms with Crippen molar-refractivity contribution in [3.63, 3.8) is 0 Å². The Bertz CT molecular complexity index is 572. The Hall–Kier alpha value is -1.38. The van der Waals surface area contributed by atoms with Gasteiger partial charge in [0.25, 0.3) is 0 Å². The highest BCUT2D eigenvalue weighted by Crippen LogP contribution is 2.12. The number of unbranched alkanes of at least 4 members (excludes halogenated alkanes) is 18. The molecule has 1 aromatic heterocycles. The van der Waals surface area contributed by atoms with Crippen LogP contribution < -0.4 is 4.57 Å². The monoisotopic (exact) mass is 460 g/mol. The van der Waals surface area contributed by atoms with Crippen molar-refractivity contribution < 1.29 is 14.1 Å². The second kappa shape index (κ2) is 22.4. The molecule has 1 heterocycles. The second-order valence-corrected chi connectivity index (χ2v) is 9.83. The minimum Gasteiger partial charge on any atom is -0.462 e. The lowest BCUT2D eigenvalue weighted by Crippen LogP contribution is -2.34. The van der Waals surface area contributed by atoms with Crippen LogP contribution in [0.5, 0.6) is 0 Å². The van der Waals surface area contributed by atoms with Crippen molar-refractivity contribution in [3.05, 3.63) is 30.1 Å². The van der Waals surface area contributed by atoms with Crippen LogP contribution in [0.3, 0.4) is 0 Å². The van der Waals surface area contributed by atoms with Gasteiger partial charge >= 0.3 is 5.97 Å². The third-order valence-electron chi connectivity index (χ3n) is 6.59. The van der Waals surface area contributed by atoms with Gasteiger partial charge in [-0.1, -0.05) is 123 Å². The largest absolute Gasteiger partial charge is 0.462 e. The quantitative estimate of drug-likeness (QED) is 0.0926. The molecule has 190 valence electrons. The van der Waals surface area contributed by atoms with Crippen molar-refractivity contribution in [2.24, 2.45) is 0 Å². The zero-order valence-electron chi connectivity index (χ0n) is 22.1. The van der Waals surface area contributed by atoms with Crippen LogP contribution in [-0.4, -0.2) is 12.6 Å². The molecule has 0 unspecified atom stereocenters. The number of nitrogens with zero attached hydrogens (tertiary/aromatic N) is 1. The minimum absolute atomic E-state index is 0.177. The average molecular weight is 461 g/mol. The molecule has 0 radical (unpaired) electrons. The van der Waals surface area contributed by atoms with Crippen molar-refractivity contribution in [1.29, 1.82) is 0 Å². The Balaban J connectivity index is 2.03. The molecule has 3 heteroatoms. The Morgan fingerprint density at radius 1 is 0.667 bits per heavy atom. The van der Waals surface area contributed by atoms with Gasteiger partial charge in [0, 0.05) is 12.5 Å². The van der Waals surface area contributed by atoms with Crippen LogP contribution in [0.25, 0.3) is 0 Å². The summed E-state index contributed by atoms with van der Waals surface area (Å²) < 4.78 is 7.65. The van der Waals surface area contributed by atoms with E-state index < -0.39 is 0 Å². The van der Waals surface area contributed by atoms with E-state index >= 15 is 0 Å². The van der Waals surface area contributed by atoms with Crippen molar-refractivity contribution >= 4 is 5.97 Å². The first kappa shape index (κ1) is 29.7. The molecule has 0 fully saturated rings. The van der Waals surface area contributed by atoms with E-state index in [4.69, 9.17) is 4.74 Å². The zero-order valence-corrected chi connectivity index (χ0v) is 22.1. The fraction of sp³-hybridized carbons (Fsp3) is 0.800. The summed E-state index contributed by atoms with van der Waals surface area (Å²) in [5.74, 6) is -0.177. The van der Waals surface area contributed by atoms with Crippen molar-refractivity contribution in [1.82, 2.24) is 0 Å². The van der Waals surface area contributed by atoms with E-state index in [1.807, 2.05) is 18.3 Å². The van der Waals surface area contributed by atoms with Gasteiger partial charge in [-0.3, -0.25) is 0 Å². The molecule has 0 bridgehead atoms. The number of carbonyl (C=O) groups excluding carboxylic acids is 1.